The van der Waals surface area contributed by atoms with Crippen molar-refractivity contribution in [2.24, 2.45) is 5.92 Å². The summed E-state index contributed by atoms with van der Waals surface area (Å²) in [6.45, 7) is 11.0. The van der Waals surface area contributed by atoms with Crippen molar-refractivity contribution in [3.63, 3.8) is 0 Å². The number of aromatic nitrogens is 1. The minimum absolute atomic E-state index is 0.0955. The Hall–Kier alpha value is -2.41. The Morgan fingerprint density at radius 2 is 1.93 bits per heavy atom. The van der Waals surface area contributed by atoms with Crippen molar-refractivity contribution < 1.29 is 14.3 Å². The van der Waals surface area contributed by atoms with Crippen molar-refractivity contribution in [1.82, 2.24) is 10.3 Å². The van der Waals surface area contributed by atoms with Gasteiger partial charge in [0.1, 0.15) is 11.6 Å². The number of nitrogens with one attached hydrogen (secondary N) is 2. The van der Waals surface area contributed by atoms with Crippen molar-refractivity contribution >= 4 is 29.0 Å². The molecule has 0 aliphatic rings. The summed E-state index contributed by atoms with van der Waals surface area (Å²) < 4.78 is 5.26. The molecule has 0 radical (unpaired) electrons. The first-order valence-electron chi connectivity index (χ1n) is 8.88. The summed E-state index contributed by atoms with van der Waals surface area (Å²) in [6.07, 6.45) is -0.608. The van der Waals surface area contributed by atoms with E-state index in [9.17, 15) is 9.59 Å². The van der Waals surface area contributed by atoms with Gasteiger partial charge in [-0.3, -0.25) is 4.79 Å². The number of benzene rings is 1. The summed E-state index contributed by atoms with van der Waals surface area (Å²) >= 11 is 1.58. The fourth-order valence-electron chi connectivity index (χ4n) is 2.44. The molecule has 0 bridgehead atoms. The van der Waals surface area contributed by atoms with Crippen molar-refractivity contribution in [1.29, 1.82) is 0 Å². The van der Waals surface area contributed by atoms with Crippen LogP contribution in [0.15, 0.2) is 29.6 Å². The third-order valence-corrected chi connectivity index (χ3v) is 4.44. The molecule has 1 aromatic carbocycles. The molecule has 7 heteroatoms. The van der Waals surface area contributed by atoms with Gasteiger partial charge in [0.2, 0.25) is 5.91 Å². The summed E-state index contributed by atoms with van der Waals surface area (Å²) in [6, 6.07) is 6.79. The lowest BCUT2D eigenvalue weighted by Gasteiger charge is -2.25. The number of amides is 2. The van der Waals surface area contributed by atoms with Crippen LogP contribution in [0, 0.1) is 12.8 Å². The topological polar surface area (TPSA) is 80.3 Å². The predicted molar refractivity (Wildman–Crippen MR) is 109 cm³/mol. The van der Waals surface area contributed by atoms with E-state index in [0.717, 1.165) is 16.3 Å². The summed E-state index contributed by atoms with van der Waals surface area (Å²) in [5, 5.41) is 8.50. The van der Waals surface area contributed by atoms with E-state index < -0.39 is 17.7 Å². The van der Waals surface area contributed by atoms with E-state index in [1.807, 2.05) is 50.4 Å². The van der Waals surface area contributed by atoms with E-state index in [1.165, 1.54) is 0 Å². The van der Waals surface area contributed by atoms with E-state index in [0.29, 0.717) is 5.69 Å². The number of aryl methyl sites for hydroxylation is 1. The fourth-order valence-corrected chi connectivity index (χ4v) is 3.06. The highest BCUT2D eigenvalue weighted by atomic mass is 32.1. The number of carbonyl (C=O) groups is 2. The minimum atomic E-state index is -0.704. The zero-order valence-corrected chi connectivity index (χ0v) is 17.4. The number of hydrogen-bond donors (Lipinski definition) is 2. The average Bonchev–Trinajstić information content (AvgIpc) is 2.97. The van der Waals surface area contributed by atoms with E-state index in [4.69, 9.17) is 4.74 Å². The predicted octanol–water partition coefficient (Wildman–Crippen LogP) is 4.61. The largest absolute Gasteiger partial charge is 0.444 e. The van der Waals surface area contributed by atoms with Gasteiger partial charge >= 0.3 is 6.09 Å². The van der Waals surface area contributed by atoms with Crippen LogP contribution in [0.25, 0.3) is 11.3 Å². The van der Waals surface area contributed by atoms with Gasteiger partial charge < -0.3 is 15.4 Å². The van der Waals surface area contributed by atoms with Crippen molar-refractivity contribution in [2.45, 2.75) is 53.2 Å². The molecule has 2 N–H and O–H groups in total. The van der Waals surface area contributed by atoms with Crippen molar-refractivity contribution in [2.75, 3.05) is 5.32 Å². The molecule has 0 fully saturated rings. The molecule has 0 aliphatic carbocycles. The van der Waals surface area contributed by atoms with Crippen LogP contribution in [-0.4, -0.2) is 28.6 Å². The standard InChI is InChI=1S/C20H27N3O3S/c1-12(2)17(23-19(25)26-20(4,5)6)18(24)22-15-9-7-8-14(10-15)16-11-27-13(3)21-16/h7-12,17H,1-6H3,(H,22,24)(H,23,25). The van der Waals surface area contributed by atoms with Gasteiger partial charge in [-0.05, 0) is 45.7 Å². The van der Waals surface area contributed by atoms with E-state index in [1.54, 1.807) is 32.1 Å². The van der Waals surface area contributed by atoms with Crippen LogP contribution >= 0.6 is 11.3 Å². The maximum absolute atomic E-state index is 12.7. The van der Waals surface area contributed by atoms with Gasteiger partial charge in [0, 0.05) is 16.6 Å². The lowest BCUT2D eigenvalue weighted by atomic mass is 10.0. The van der Waals surface area contributed by atoms with Crippen molar-refractivity contribution in [3.8, 4) is 11.3 Å². The Balaban J connectivity index is 2.10. The monoisotopic (exact) mass is 389 g/mol. The molecular weight excluding hydrogens is 362 g/mol. The summed E-state index contributed by atoms with van der Waals surface area (Å²) in [7, 11) is 0. The molecule has 2 rings (SSSR count). The highest BCUT2D eigenvalue weighted by molar-refractivity contribution is 7.09. The summed E-state index contributed by atoms with van der Waals surface area (Å²) in [5.74, 6) is -0.385. The fraction of sp³-hybridized carbons (Fsp3) is 0.450. The molecule has 0 aliphatic heterocycles. The number of alkyl carbamates (subject to hydrolysis) is 1. The number of carbonyl (C=O) groups excluding carboxylic acids is 2. The SMILES string of the molecule is Cc1nc(-c2cccc(NC(=O)C(NC(=O)OC(C)(C)C)C(C)C)c2)cs1. The lowest BCUT2D eigenvalue weighted by Crippen LogP contribution is -2.48. The molecule has 1 heterocycles. The van der Waals surface area contributed by atoms with E-state index in [2.05, 4.69) is 15.6 Å². The Kier molecular flexibility index (Phi) is 6.59. The second-order valence-electron chi connectivity index (χ2n) is 7.69. The van der Waals surface area contributed by atoms with Gasteiger partial charge in [-0.2, -0.15) is 0 Å². The average molecular weight is 390 g/mol. The van der Waals surface area contributed by atoms with Gasteiger partial charge in [-0.1, -0.05) is 26.0 Å². The van der Waals surface area contributed by atoms with Crippen LogP contribution < -0.4 is 10.6 Å². The zero-order valence-electron chi connectivity index (χ0n) is 16.6. The van der Waals surface area contributed by atoms with Crippen LogP contribution in [0.2, 0.25) is 0 Å². The maximum atomic E-state index is 12.7. The first-order chi connectivity index (χ1) is 12.5. The first kappa shape index (κ1) is 20.9. The van der Waals surface area contributed by atoms with Gasteiger partial charge in [0.15, 0.2) is 0 Å². The minimum Gasteiger partial charge on any atom is -0.444 e. The number of thiazole rings is 1. The number of ether oxygens (including phenoxy) is 1. The van der Waals surface area contributed by atoms with E-state index >= 15 is 0 Å². The normalized spacial score (nSPS) is 12.6. The summed E-state index contributed by atoms with van der Waals surface area (Å²) in [5.41, 5.74) is 1.83. The van der Waals surface area contributed by atoms with Gasteiger partial charge in [-0.25, -0.2) is 9.78 Å². The van der Waals surface area contributed by atoms with Crippen LogP contribution in [0.5, 0.6) is 0 Å². The first-order valence-corrected chi connectivity index (χ1v) is 9.76. The molecule has 2 aromatic rings. The number of anilines is 1. The Bertz CT molecular complexity index is 809. The van der Waals surface area contributed by atoms with Crippen LogP contribution in [0.4, 0.5) is 10.5 Å². The highest BCUT2D eigenvalue weighted by Gasteiger charge is 2.27. The maximum Gasteiger partial charge on any atom is 0.408 e. The molecular formula is C20H27N3O3S. The third-order valence-electron chi connectivity index (χ3n) is 3.67. The van der Waals surface area contributed by atoms with E-state index in [-0.39, 0.29) is 11.8 Å². The van der Waals surface area contributed by atoms with Crippen LogP contribution in [-0.2, 0) is 9.53 Å². The highest BCUT2D eigenvalue weighted by Crippen LogP contribution is 2.24. The quantitative estimate of drug-likeness (QED) is 0.783. The molecule has 0 saturated heterocycles. The number of rotatable bonds is 5. The van der Waals surface area contributed by atoms with Gasteiger partial charge in [0.25, 0.3) is 0 Å². The molecule has 0 saturated carbocycles. The zero-order chi connectivity index (χ0) is 20.2. The van der Waals surface area contributed by atoms with Crippen LogP contribution in [0.1, 0.15) is 39.6 Å². The smallest absolute Gasteiger partial charge is 0.408 e. The Morgan fingerprint density at radius 3 is 2.48 bits per heavy atom. The van der Waals surface area contributed by atoms with Gasteiger partial charge in [-0.15, -0.1) is 11.3 Å². The molecule has 1 aromatic heterocycles. The molecule has 2 amide bonds. The van der Waals surface area contributed by atoms with Crippen molar-refractivity contribution in [3.05, 3.63) is 34.7 Å². The Morgan fingerprint density at radius 1 is 1.22 bits per heavy atom. The molecule has 1 unspecified atom stereocenters. The number of nitrogens with zero attached hydrogens (tertiary/aromatic N) is 1. The second-order valence-corrected chi connectivity index (χ2v) is 8.75. The molecule has 27 heavy (non-hydrogen) atoms. The molecule has 6 nitrogen and oxygen atoms in total. The molecule has 146 valence electrons. The molecule has 0 spiro atoms. The third kappa shape index (κ3) is 6.36. The Labute approximate surface area is 164 Å². The summed E-state index contributed by atoms with van der Waals surface area (Å²) in [4.78, 5) is 29.2. The molecule has 1 atom stereocenters. The number of hydrogen-bond acceptors (Lipinski definition) is 5. The second kappa shape index (κ2) is 8.52. The lowest BCUT2D eigenvalue weighted by molar-refractivity contribution is -0.119. The van der Waals surface area contributed by atoms with Gasteiger partial charge in [0.05, 0.1) is 10.7 Å². The van der Waals surface area contributed by atoms with Crippen LogP contribution in [0.3, 0.4) is 0 Å².